The van der Waals surface area contributed by atoms with Crippen LogP contribution < -0.4 is 10.8 Å². The van der Waals surface area contributed by atoms with Crippen LogP contribution in [-0.2, 0) is 9.31 Å². The molecule has 0 bridgehead atoms. The minimum atomic E-state index is -0.467. The summed E-state index contributed by atoms with van der Waals surface area (Å²) >= 11 is 0. The Morgan fingerprint density at radius 2 is 1.64 bits per heavy atom. The minimum absolute atomic E-state index is 0.361. The Labute approximate surface area is 164 Å². The van der Waals surface area contributed by atoms with E-state index in [0.717, 1.165) is 16.7 Å². The first-order chi connectivity index (χ1) is 13.2. The van der Waals surface area contributed by atoms with Gasteiger partial charge in [-0.1, -0.05) is 18.2 Å². The molecular formula is C21H23BFN3O2. The molecule has 0 saturated carbocycles. The highest BCUT2D eigenvalue weighted by Crippen LogP contribution is 2.37. The van der Waals surface area contributed by atoms with E-state index >= 15 is 0 Å². The highest BCUT2D eigenvalue weighted by molar-refractivity contribution is 6.62. The van der Waals surface area contributed by atoms with Crippen molar-refractivity contribution in [1.82, 2.24) is 9.97 Å². The molecule has 0 unspecified atom stereocenters. The largest absolute Gasteiger partial charge is 0.495 e. The van der Waals surface area contributed by atoms with Crippen LogP contribution >= 0.6 is 0 Å². The molecule has 0 atom stereocenters. The predicted octanol–water partition coefficient (Wildman–Crippen LogP) is 4.12. The molecule has 1 N–H and O–H groups in total. The van der Waals surface area contributed by atoms with Crippen molar-refractivity contribution < 1.29 is 13.7 Å². The summed E-state index contributed by atoms with van der Waals surface area (Å²) in [6, 6.07) is 10.7. The van der Waals surface area contributed by atoms with Gasteiger partial charge in [-0.3, -0.25) is 0 Å². The lowest BCUT2D eigenvalue weighted by molar-refractivity contribution is 0.00578. The molecule has 0 amide bonds. The normalized spacial score (nSPS) is 17.9. The SMILES string of the molecule is Cc1c(Nc2ncnc3cccc(F)c23)cccc1B1OC(C)(C)C(C)(C)O1. The maximum atomic E-state index is 14.4. The van der Waals surface area contributed by atoms with Crippen molar-refractivity contribution in [2.45, 2.75) is 45.8 Å². The molecular weight excluding hydrogens is 356 g/mol. The van der Waals surface area contributed by atoms with E-state index < -0.39 is 18.3 Å². The quantitative estimate of drug-likeness (QED) is 0.694. The van der Waals surface area contributed by atoms with Gasteiger partial charge >= 0.3 is 7.12 Å². The van der Waals surface area contributed by atoms with Crippen LogP contribution in [0.3, 0.4) is 0 Å². The highest BCUT2D eigenvalue weighted by atomic mass is 19.1. The van der Waals surface area contributed by atoms with Crippen molar-refractivity contribution >= 4 is 35.0 Å². The average Bonchev–Trinajstić information content (AvgIpc) is 2.84. The van der Waals surface area contributed by atoms with Gasteiger partial charge in [0.05, 0.1) is 22.1 Å². The molecule has 1 aromatic heterocycles. The number of hydrogen-bond acceptors (Lipinski definition) is 5. The standard InChI is InChI=1S/C21H23BFN3O2/c1-13-14(22-27-20(2,3)21(4,5)28-22)8-6-10-16(13)26-19-18-15(23)9-7-11-17(18)24-12-25-19/h6-12H,1-5H3,(H,24,25,26). The molecule has 5 nitrogen and oxygen atoms in total. The topological polar surface area (TPSA) is 56.3 Å². The first-order valence-corrected chi connectivity index (χ1v) is 9.31. The van der Waals surface area contributed by atoms with Crippen molar-refractivity contribution in [2.24, 2.45) is 0 Å². The van der Waals surface area contributed by atoms with Gasteiger partial charge in [0.25, 0.3) is 0 Å². The lowest BCUT2D eigenvalue weighted by atomic mass is 9.76. The number of nitrogens with zero attached hydrogens (tertiary/aromatic N) is 2. The van der Waals surface area contributed by atoms with E-state index in [0.29, 0.717) is 16.7 Å². The Hall–Kier alpha value is -2.51. The van der Waals surface area contributed by atoms with Crippen molar-refractivity contribution in [3.8, 4) is 0 Å². The fourth-order valence-corrected chi connectivity index (χ4v) is 3.30. The summed E-state index contributed by atoms with van der Waals surface area (Å²) in [7, 11) is -0.467. The van der Waals surface area contributed by atoms with Gasteiger partial charge in [-0.05, 0) is 63.8 Å². The monoisotopic (exact) mass is 379 g/mol. The third-order valence-corrected chi connectivity index (χ3v) is 5.75. The van der Waals surface area contributed by atoms with Crippen LogP contribution in [0.5, 0.6) is 0 Å². The fourth-order valence-electron chi connectivity index (χ4n) is 3.30. The van der Waals surface area contributed by atoms with Crippen LogP contribution in [0, 0.1) is 12.7 Å². The predicted molar refractivity (Wildman–Crippen MR) is 110 cm³/mol. The number of benzene rings is 2. The Kier molecular flexibility index (Phi) is 4.40. The van der Waals surface area contributed by atoms with E-state index in [4.69, 9.17) is 9.31 Å². The van der Waals surface area contributed by atoms with E-state index in [2.05, 4.69) is 15.3 Å². The van der Waals surface area contributed by atoms with E-state index in [-0.39, 0.29) is 5.82 Å². The summed E-state index contributed by atoms with van der Waals surface area (Å²) in [5.41, 5.74) is 2.43. The maximum Gasteiger partial charge on any atom is 0.495 e. The number of halogens is 1. The molecule has 1 aliphatic heterocycles. The summed E-state index contributed by atoms with van der Waals surface area (Å²) in [6.07, 6.45) is 1.43. The molecule has 1 aliphatic rings. The number of anilines is 2. The second-order valence-corrected chi connectivity index (χ2v) is 8.09. The van der Waals surface area contributed by atoms with Crippen LogP contribution in [0.15, 0.2) is 42.7 Å². The summed E-state index contributed by atoms with van der Waals surface area (Å²) < 4.78 is 26.8. The van der Waals surface area contributed by atoms with Crippen molar-refractivity contribution in [3.63, 3.8) is 0 Å². The summed E-state index contributed by atoms with van der Waals surface area (Å²) in [5, 5.41) is 3.63. The second-order valence-electron chi connectivity index (χ2n) is 8.09. The number of nitrogens with one attached hydrogen (secondary N) is 1. The van der Waals surface area contributed by atoms with Crippen LogP contribution in [0.2, 0.25) is 0 Å². The van der Waals surface area contributed by atoms with Crippen molar-refractivity contribution in [2.75, 3.05) is 5.32 Å². The van der Waals surface area contributed by atoms with Crippen LogP contribution in [0.1, 0.15) is 33.3 Å². The maximum absolute atomic E-state index is 14.4. The molecule has 0 aliphatic carbocycles. The molecule has 4 rings (SSSR count). The third-order valence-electron chi connectivity index (χ3n) is 5.75. The van der Waals surface area contributed by atoms with E-state index in [1.54, 1.807) is 12.1 Å². The van der Waals surface area contributed by atoms with Gasteiger partial charge in [0.2, 0.25) is 0 Å². The first kappa shape index (κ1) is 18.8. The van der Waals surface area contributed by atoms with Gasteiger partial charge in [0.1, 0.15) is 18.0 Å². The summed E-state index contributed by atoms with van der Waals surface area (Å²) in [6.45, 7) is 10.1. The van der Waals surface area contributed by atoms with Crippen molar-refractivity contribution in [3.05, 3.63) is 54.1 Å². The second kappa shape index (κ2) is 6.53. The number of fused-ring (bicyclic) bond motifs is 1. The Morgan fingerprint density at radius 3 is 2.36 bits per heavy atom. The molecule has 7 heteroatoms. The lowest BCUT2D eigenvalue weighted by Crippen LogP contribution is -2.41. The zero-order chi connectivity index (χ0) is 20.1. The summed E-state index contributed by atoms with van der Waals surface area (Å²) in [4.78, 5) is 8.40. The minimum Gasteiger partial charge on any atom is -0.399 e. The van der Waals surface area contributed by atoms with Gasteiger partial charge in [-0.25, -0.2) is 14.4 Å². The van der Waals surface area contributed by atoms with Crippen LogP contribution in [0.25, 0.3) is 10.9 Å². The molecule has 1 fully saturated rings. The molecule has 28 heavy (non-hydrogen) atoms. The van der Waals surface area contributed by atoms with Gasteiger partial charge in [0, 0.05) is 5.69 Å². The molecule has 1 saturated heterocycles. The zero-order valence-electron chi connectivity index (χ0n) is 16.7. The van der Waals surface area contributed by atoms with Gasteiger partial charge in [-0.2, -0.15) is 0 Å². The third kappa shape index (κ3) is 3.04. The zero-order valence-corrected chi connectivity index (χ0v) is 16.7. The Bertz CT molecular complexity index is 1030. The van der Waals surface area contributed by atoms with Gasteiger partial charge < -0.3 is 14.6 Å². The smallest absolute Gasteiger partial charge is 0.399 e. The highest BCUT2D eigenvalue weighted by Gasteiger charge is 2.52. The van der Waals surface area contributed by atoms with Crippen LogP contribution in [0.4, 0.5) is 15.9 Å². The molecule has 144 valence electrons. The molecule has 3 aromatic rings. The fraction of sp³-hybridized carbons (Fsp3) is 0.333. The number of aromatic nitrogens is 2. The van der Waals surface area contributed by atoms with E-state index in [1.807, 2.05) is 52.8 Å². The van der Waals surface area contributed by atoms with Crippen molar-refractivity contribution in [1.29, 1.82) is 0 Å². The average molecular weight is 379 g/mol. The Balaban J connectivity index is 1.72. The summed E-state index contributed by atoms with van der Waals surface area (Å²) in [5.74, 6) is 0.0673. The van der Waals surface area contributed by atoms with Gasteiger partial charge in [0.15, 0.2) is 0 Å². The molecule has 0 spiro atoms. The molecule has 0 radical (unpaired) electrons. The number of rotatable bonds is 3. The first-order valence-electron chi connectivity index (χ1n) is 9.31. The molecule has 2 heterocycles. The lowest BCUT2D eigenvalue weighted by Gasteiger charge is -2.32. The van der Waals surface area contributed by atoms with E-state index in [1.165, 1.54) is 12.4 Å². The Morgan fingerprint density at radius 1 is 0.964 bits per heavy atom. The van der Waals surface area contributed by atoms with Crippen LogP contribution in [-0.4, -0.2) is 28.3 Å². The van der Waals surface area contributed by atoms with E-state index in [9.17, 15) is 4.39 Å². The molecule has 2 aromatic carbocycles. The number of hydrogen-bond donors (Lipinski definition) is 1. The van der Waals surface area contributed by atoms with Gasteiger partial charge in [-0.15, -0.1) is 0 Å².